The molecular weight excluding hydrogens is 439 g/mol. The van der Waals surface area contributed by atoms with E-state index in [0.717, 1.165) is 36.4 Å². The van der Waals surface area contributed by atoms with E-state index in [0.29, 0.717) is 6.54 Å². The molecule has 2 N–H and O–H groups in total. The van der Waals surface area contributed by atoms with Crippen LogP contribution in [0.15, 0.2) is 29.4 Å². The van der Waals surface area contributed by atoms with Crippen molar-refractivity contribution >= 4 is 35.6 Å². The number of aliphatic imine (C=N–C) groups is 1. The molecule has 6 nitrogen and oxygen atoms in total. The molecule has 3 rings (SSSR count). The average Bonchev–Trinajstić information content (AvgIpc) is 3.29. The van der Waals surface area contributed by atoms with E-state index < -0.39 is 0 Å². The van der Waals surface area contributed by atoms with E-state index >= 15 is 0 Å². The highest BCUT2D eigenvalue weighted by molar-refractivity contribution is 14.0. The second-order valence-electron chi connectivity index (χ2n) is 6.81. The quantitative estimate of drug-likeness (QED) is 0.267. The van der Waals surface area contributed by atoms with E-state index in [9.17, 15) is 0 Å². The molecule has 1 aliphatic carbocycles. The zero-order valence-electron chi connectivity index (χ0n) is 15.7. The lowest BCUT2D eigenvalue weighted by molar-refractivity contribution is 0.472. The lowest BCUT2D eigenvalue weighted by atomic mass is 10.0. The third-order valence-electron chi connectivity index (χ3n) is 4.91. The predicted molar refractivity (Wildman–Crippen MR) is 117 cm³/mol. The smallest absolute Gasteiger partial charge is 0.191 e. The molecule has 0 unspecified atom stereocenters. The first-order chi connectivity index (χ1) is 12.4. The fourth-order valence-electron chi connectivity index (χ4n) is 3.55. The van der Waals surface area contributed by atoms with Crippen LogP contribution in [-0.2, 0) is 6.54 Å². The summed E-state index contributed by atoms with van der Waals surface area (Å²) in [5.41, 5.74) is 0.859. The highest BCUT2D eigenvalue weighted by atomic mass is 127. The van der Waals surface area contributed by atoms with Crippen LogP contribution in [0.4, 0.5) is 0 Å². The van der Waals surface area contributed by atoms with Crippen molar-refractivity contribution in [1.82, 2.24) is 25.2 Å². The van der Waals surface area contributed by atoms with Crippen molar-refractivity contribution < 1.29 is 0 Å². The Kier molecular flexibility index (Phi) is 9.14. The summed E-state index contributed by atoms with van der Waals surface area (Å²) in [4.78, 5) is 4.65. The highest BCUT2D eigenvalue weighted by Gasteiger charge is 2.13. The van der Waals surface area contributed by atoms with E-state index in [-0.39, 0.29) is 24.0 Å². The van der Waals surface area contributed by atoms with Crippen molar-refractivity contribution in [3.8, 4) is 0 Å². The summed E-state index contributed by atoms with van der Waals surface area (Å²) >= 11 is 0. The van der Waals surface area contributed by atoms with Crippen molar-refractivity contribution in [1.29, 1.82) is 0 Å². The van der Waals surface area contributed by atoms with Crippen LogP contribution in [0.3, 0.4) is 0 Å². The molecule has 1 fully saturated rings. The van der Waals surface area contributed by atoms with Crippen molar-refractivity contribution in [2.24, 2.45) is 10.9 Å². The fourth-order valence-corrected chi connectivity index (χ4v) is 3.55. The van der Waals surface area contributed by atoms with Gasteiger partial charge in [-0.1, -0.05) is 44.6 Å². The molecule has 0 spiro atoms. The van der Waals surface area contributed by atoms with Crippen molar-refractivity contribution in [3.63, 3.8) is 0 Å². The van der Waals surface area contributed by atoms with Gasteiger partial charge in [-0.2, -0.15) is 0 Å². The Morgan fingerprint density at radius 2 is 2.04 bits per heavy atom. The van der Waals surface area contributed by atoms with E-state index in [1.807, 2.05) is 28.8 Å². The van der Waals surface area contributed by atoms with Gasteiger partial charge >= 0.3 is 0 Å². The van der Waals surface area contributed by atoms with Crippen LogP contribution in [0.1, 0.15) is 57.7 Å². The highest BCUT2D eigenvalue weighted by Crippen LogP contribution is 2.28. The van der Waals surface area contributed by atoms with Crippen molar-refractivity contribution in [2.75, 3.05) is 13.1 Å². The normalized spacial score (nSPS) is 15.2. The van der Waals surface area contributed by atoms with Crippen LogP contribution in [0.25, 0.3) is 5.65 Å². The largest absolute Gasteiger partial charge is 0.357 e. The van der Waals surface area contributed by atoms with Crippen LogP contribution in [0.2, 0.25) is 0 Å². The standard InChI is InChI=1S/C19H30N6.HI/c1-2-20-19(21-13-7-5-11-16-9-3-4-10-16)22-15-18-24-23-17-12-6-8-14-25(17)18;/h6,8,12,14,16H,2-5,7,9-11,13,15H2,1H3,(H2,20,21,22);1H. The van der Waals surface area contributed by atoms with Gasteiger partial charge in [-0.05, 0) is 31.4 Å². The average molecular weight is 470 g/mol. The topological polar surface area (TPSA) is 66.6 Å². The molecule has 0 saturated heterocycles. The molecule has 144 valence electrons. The summed E-state index contributed by atoms with van der Waals surface area (Å²) in [6, 6.07) is 5.90. The van der Waals surface area contributed by atoms with Crippen LogP contribution in [0, 0.1) is 5.92 Å². The predicted octanol–water partition coefficient (Wildman–Crippen LogP) is 3.76. The van der Waals surface area contributed by atoms with Crippen molar-refractivity contribution in [2.45, 2.75) is 58.4 Å². The zero-order chi connectivity index (χ0) is 17.3. The lowest BCUT2D eigenvalue weighted by Crippen LogP contribution is -2.37. The van der Waals surface area contributed by atoms with Gasteiger partial charge < -0.3 is 10.6 Å². The zero-order valence-corrected chi connectivity index (χ0v) is 18.0. The van der Waals surface area contributed by atoms with Gasteiger partial charge in [0, 0.05) is 19.3 Å². The summed E-state index contributed by atoms with van der Waals surface area (Å²) in [5.74, 6) is 2.70. The number of hydrogen-bond donors (Lipinski definition) is 2. The minimum atomic E-state index is 0. The maximum Gasteiger partial charge on any atom is 0.191 e. The number of guanidine groups is 1. The van der Waals surface area contributed by atoms with Gasteiger partial charge in [0.05, 0.1) is 0 Å². The number of halogens is 1. The van der Waals surface area contributed by atoms with Crippen LogP contribution >= 0.6 is 24.0 Å². The van der Waals surface area contributed by atoms with Gasteiger partial charge in [-0.15, -0.1) is 34.2 Å². The Hall–Kier alpha value is -1.38. The third kappa shape index (κ3) is 6.10. The molecule has 2 aromatic rings. The van der Waals surface area contributed by atoms with Gasteiger partial charge in [0.2, 0.25) is 0 Å². The maximum atomic E-state index is 4.65. The minimum Gasteiger partial charge on any atom is -0.357 e. The molecule has 0 atom stereocenters. The molecule has 0 aromatic carbocycles. The summed E-state index contributed by atoms with van der Waals surface area (Å²) in [6.07, 6.45) is 11.7. The Labute approximate surface area is 173 Å². The molecule has 0 aliphatic heterocycles. The SMILES string of the molecule is CCNC(=NCc1nnc2ccccn12)NCCCCC1CCCC1.I. The summed E-state index contributed by atoms with van der Waals surface area (Å²) in [7, 11) is 0. The number of rotatable bonds is 8. The Balaban J connectivity index is 0.00000243. The number of aromatic nitrogens is 3. The van der Waals surface area contributed by atoms with Gasteiger partial charge in [-0.3, -0.25) is 4.40 Å². The number of fused-ring (bicyclic) bond motifs is 1. The molecule has 2 heterocycles. The monoisotopic (exact) mass is 470 g/mol. The number of nitrogens with zero attached hydrogens (tertiary/aromatic N) is 4. The van der Waals surface area contributed by atoms with Crippen LogP contribution in [-0.4, -0.2) is 33.6 Å². The Morgan fingerprint density at radius 1 is 1.19 bits per heavy atom. The molecule has 0 amide bonds. The van der Waals surface area contributed by atoms with Gasteiger partial charge in [0.15, 0.2) is 17.4 Å². The van der Waals surface area contributed by atoms with E-state index in [1.54, 1.807) is 0 Å². The fraction of sp³-hybridized carbons (Fsp3) is 0.632. The van der Waals surface area contributed by atoms with E-state index in [4.69, 9.17) is 0 Å². The van der Waals surface area contributed by atoms with Gasteiger partial charge in [-0.25, -0.2) is 4.99 Å². The first-order valence-electron chi connectivity index (χ1n) is 9.67. The Bertz CT molecular complexity index is 677. The molecule has 2 aromatic heterocycles. The number of pyridine rings is 1. The second kappa shape index (κ2) is 11.4. The lowest BCUT2D eigenvalue weighted by Gasteiger charge is -2.12. The molecule has 0 radical (unpaired) electrons. The number of nitrogens with one attached hydrogen (secondary N) is 2. The molecule has 1 saturated carbocycles. The van der Waals surface area contributed by atoms with Crippen molar-refractivity contribution in [3.05, 3.63) is 30.2 Å². The minimum absolute atomic E-state index is 0. The third-order valence-corrected chi connectivity index (χ3v) is 4.91. The second-order valence-corrected chi connectivity index (χ2v) is 6.81. The van der Waals surface area contributed by atoms with E-state index in [1.165, 1.54) is 44.9 Å². The Morgan fingerprint density at radius 3 is 2.85 bits per heavy atom. The van der Waals surface area contributed by atoms with E-state index in [2.05, 4.69) is 32.7 Å². The van der Waals surface area contributed by atoms with Crippen LogP contribution in [0.5, 0.6) is 0 Å². The number of hydrogen-bond acceptors (Lipinski definition) is 3. The maximum absolute atomic E-state index is 4.65. The summed E-state index contributed by atoms with van der Waals surface area (Å²) in [5, 5.41) is 15.1. The number of unbranched alkanes of at least 4 members (excludes halogenated alkanes) is 1. The molecule has 7 heteroatoms. The molecular formula is C19H31IN6. The molecule has 0 bridgehead atoms. The van der Waals surface area contributed by atoms with Gasteiger partial charge in [0.25, 0.3) is 0 Å². The first kappa shape index (κ1) is 20.9. The first-order valence-corrected chi connectivity index (χ1v) is 9.67. The molecule has 26 heavy (non-hydrogen) atoms. The summed E-state index contributed by atoms with van der Waals surface area (Å²) in [6.45, 7) is 4.43. The summed E-state index contributed by atoms with van der Waals surface area (Å²) < 4.78 is 1.98. The van der Waals surface area contributed by atoms with Crippen LogP contribution < -0.4 is 10.6 Å². The molecule has 1 aliphatic rings. The van der Waals surface area contributed by atoms with Gasteiger partial charge in [0.1, 0.15) is 6.54 Å².